The topological polar surface area (TPSA) is 46.2 Å². The van der Waals surface area contributed by atoms with E-state index in [1.165, 1.54) is 12.1 Å². The minimum Gasteiger partial charge on any atom is -0.208 e. The maximum atomic E-state index is 11.9. The van der Waals surface area contributed by atoms with E-state index < -0.39 is 10.0 Å². The van der Waals surface area contributed by atoms with Crippen molar-refractivity contribution >= 4 is 33.2 Å². The Labute approximate surface area is 106 Å². The number of rotatable bonds is 4. The van der Waals surface area contributed by atoms with Crippen molar-refractivity contribution in [2.75, 3.05) is 0 Å². The van der Waals surface area contributed by atoms with Crippen LogP contribution in [0.3, 0.4) is 0 Å². The first kappa shape index (κ1) is 13.8. The van der Waals surface area contributed by atoms with E-state index in [9.17, 15) is 8.42 Å². The van der Waals surface area contributed by atoms with Crippen LogP contribution in [0, 0.1) is 0 Å². The zero-order valence-corrected chi connectivity index (χ0v) is 11.3. The van der Waals surface area contributed by atoms with Crippen molar-refractivity contribution in [3.8, 4) is 0 Å². The molecule has 1 N–H and O–H groups in total. The predicted molar refractivity (Wildman–Crippen MR) is 66.5 cm³/mol. The zero-order chi connectivity index (χ0) is 12.3. The van der Waals surface area contributed by atoms with E-state index >= 15 is 0 Å². The number of benzene rings is 1. The fourth-order valence-corrected chi connectivity index (χ4v) is 3.18. The van der Waals surface area contributed by atoms with Crippen molar-refractivity contribution < 1.29 is 8.42 Å². The average Bonchev–Trinajstić information content (AvgIpc) is 2.20. The van der Waals surface area contributed by atoms with Crippen LogP contribution in [-0.4, -0.2) is 14.5 Å². The van der Waals surface area contributed by atoms with E-state index in [4.69, 9.17) is 23.2 Å². The number of hydrogen-bond acceptors (Lipinski definition) is 2. The average molecular weight is 282 g/mol. The monoisotopic (exact) mass is 281 g/mol. The molecule has 0 spiro atoms. The molecule has 0 heterocycles. The van der Waals surface area contributed by atoms with Gasteiger partial charge in [-0.25, -0.2) is 13.1 Å². The molecule has 1 atom stereocenters. The molecule has 0 saturated carbocycles. The summed E-state index contributed by atoms with van der Waals surface area (Å²) in [4.78, 5) is 0.0157. The SMILES string of the molecule is CC[C@@H](C)NS(=O)(=O)c1cc(Cl)ccc1Cl. The molecule has 0 aromatic heterocycles. The quantitative estimate of drug-likeness (QED) is 0.922. The summed E-state index contributed by atoms with van der Waals surface area (Å²) in [6.45, 7) is 3.68. The Hall–Kier alpha value is -0.290. The Kier molecular flexibility index (Phi) is 4.62. The van der Waals surface area contributed by atoms with Gasteiger partial charge in [0.25, 0.3) is 0 Å². The maximum Gasteiger partial charge on any atom is 0.242 e. The summed E-state index contributed by atoms with van der Waals surface area (Å²) < 4.78 is 26.4. The summed E-state index contributed by atoms with van der Waals surface area (Å²) in [6, 6.07) is 4.22. The number of halogens is 2. The van der Waals surface area contributed by atoms with Gasteiger partial charge >= 0.3 is 0 Å². The summed E-state index contributed by atoms with van der Waals surface area (Å²) >= 11 is 11.6. The van der Waals surface area contributed by atoms with E-state index in [1.807, 2.05) is 6.92 Å². The van der Waals surface area contributed by atoms with Crippen molar-refractivity contribution in [3.05, 3.63) is 28.2 Å². The third-order valence-corrected chi connectivity index (χ3v) is 4.46. The smallest absolute Gasteiger partial charge is 0.208 e. The van der Waals surface area contributed by atoms with Crippen LogP contribution in [-0.2, 0) is 10.0 Å². The summed E-state index contributed by atoms with van der Waals surface area (Å²) in [5.41, 5.74) is 0. The molecule has 3 nitrogen and oxygen atoms in total. The van der Waals surface area contributed by atoms with Crippen LogP contribution in [0.1, 0.15) is 20.3 Å². The van der Waals surface area contributed by atoms with Gasteiger partial charge in [-0.1, -0.05) is 30.1 Å². The molecule has 1 aromatic rings. The van der Waals surface area contributed by atoms with Gasteiger partial charge in [-0.3, -0.25) is 0 Å². The van der Waals surface area contributed by atoms with Crippen LogP contribution in [0.4, 0.5) is 0 Å². The molecule has 6 heteroatoms. The second kappa shape index (κ2) is 5.36. The lowest BCUT2D eigenvalue weighted by molar-refractivity contribution is 0.556. The second-order valence-electron chi connectivity index (χ2n) is 3.51. The highest BCUT2D eigenvalue weighted by atomic mass is 35.5. The van der Waals surface area contributed by atoms with E-state index in [2.05, 4.69) is 4.72 Å². The zero-order valence-electron chi connectivity index (χ0n) is 9.00. The summed E-state index contributed by atoms with van der Waals surface area (Å²) in [5.74, 6) is 0. The van der Waals surface area contributed by atoms with E-state index in [1.54, 1.807) is 13.0 Å². The molecular formula is C10H13Cl2NO2S. The van der Waals surface area contributed by atoms with E-state index in [0.29, 0.717) is 11.4 Å². The molecule has 0 saturated heterocycles. The van der Waals surface area contributed by atoms with Crippen molar-refractivity contribution in [1.29, 1.82) is 0 Å². The lowest BCUT2D eigenvalue weighted by Gasteiger charge is -2.13. The summed E-state index contributed by atoms with van der Waals surface area (Å²) in [6.07, 6.45) is 0.706. The van der Waals surface area contributed by atoms with E-state index in [0.717, 1.165) is 0 Å². The molecule has 0 fully saturated rings. The van der Waals surface area contributed by atoms with Gasteiger partial charge in [0.15, 0.2) is 0 Å². The molecule has 0 aliphatic rings. The van der Waals surface area contributed by atoms with Gasteiger partial charge in [0.1, 0.15) is 4.90 Å². The van der Waals surface area contributed by atoms with Gasteiger partial charge in [0, 0.05) is 11.1 Å². The minimum absolute atomic E-state index is 0.0157. The molecule has 1 aromatic carbocycles. The Morgan fingerprint density at radius 3 is 2.56 bits per heavy atom. The highest BCUT2D eigenvalue weighted by Gasteiger charge is 2.19. The third kappa shape index (κ3) is 3.35. The molecule has 0 aliphatic carbocycles. The Bertz CT molecular complexity index is 474. The lowest BCUT2D eigenvalue weighted by atomic mass is 10.3. The van der Waals surface area contributed by atoms with Crippen LogP contribution in [0.2, 0.25) is 10.0 Å². The predicted octanol–water partition coefficient (Wildman–Crippen LogP) is 3.07. The van der Waals surface area contributed by atoms with Crippen molar-refractivity contribution in [2.24, 2.45) is 0 Å². The third-order valence-electron chi connectivity index (χ3n) is 2.15. The maximum absolute atomic E-state index is 11.9. The first-order valence-corrected chi connectivity index (χ1v) is 7.08. The molecule has 90 valence electrons. The first-order valence-electron chi connectivity index (χ1n) is 4.84. The summed E-state index contributed by atoms with van der Waals surface area (Å²) in [5, 5.41) is 0.508. The van der Waals surface area contributed by atoms with Crippen LogP contribution >= 0.6 is 23.2 Å². The molecule has 0 aliphatic heterocycles. The highest BCUT2D eigenvalue weighted by Crippen LogP contribution is 2.25. The van der Waals surface area contributed by atoms with E-state index in [-0.39, 0.29) is 16.0 Å². The van der Waals surface area contributed by atoms with Gasteiger partial charge < -0.3 is 0 Å². The fraction of sp³-hybridized carbons (Fsp3) is 0.400. The standard InChI is InChI=1S/C10H13Cl2NO2S/c1-3-7(2)13-16(14,15)10-6-8(11)4-5-9(10)12/h4-7,13H,3H2,1-2H3/t7-/m1/s1. The van der Waals surface area contributed by atoms with Gasteiger partial charge in [-0.2, -0.15) is 0 Å². The Morgan fingerprint density at radius 1 is 1.38 bits per heavy atom. The second-order valence-corrected chi connectivity index (χ2v) is 6.03. The normalized spacial score (nSPS) is 13.8. The number of sulfonamides is 1. The van der Waals surface area contributed by atoms with Crippen LogP contribution < -0.4 is 4.72 Å². The van der Waals surface area contributed by atoms with Gasteiger partial charge in [0.2, 0.25) is 10.0 Å². The lowest BCUT2D eigenvalue weighted by Crippen LogP contribution is -2.32. The van der Waals surface area contributed by atoms with Gasteiger partial charge in [-0.05, 0) is 31.5 Å². The molecule has 0 radical (unpaired) electrons. The van der Waals surface area contributed by atoms with Crippen molar-refractivity contribution in [1.82, 2.24) is 4.72 Å². The number of nitrogens with one attached hydrogen (secondary N) is 1. The van der Waals surface area contributed by atoms with Crippen molar-refractivity contribution in [2.45, 2.75) is 31.2 Å². The summed E-state index contributed by atoms with van der Waals surface area (Å²) in [7, 11) is -3.59. The van der Waals surface area contributed by atoms with Gasteiger partial charge in [0.05, 0.1) is 5.02 Å². The molecule has 0 bridgehead atoms. The highest BCUT2D eigenvalue weighted by molar-refractivity contribution is 7.89. The fourth-order valence-electron chi connectivity index (χ4n) is 1.09. The molecule has 0 unspecified atom stereocenters. The van der Waals surface area contributed by atoms with Crippen LogP contribution in [0.25, 0.3) is 0 Å². The number of hydrogen-bond donors (Lipinski definition) is 1. The van der Waals surface area contributed by atoms with Crippen LogP contribution in [0.5, 0.6) is 0 Å². The minimum atomic E-state index is -3.59. The van der Waals surface area contributed by atoms with Gasteiger partial charge in [-0.15, -0.1) is 0 Å². The van der Waals surface area contributed by atoms with Crippen molar-refractivity contribution in [3.63, 3.8) is 0 Å². The molecule has 0 amide bonds. The Balaban J connectivity index is 3.12. The van der Waals surface area contributed by atoms with Crippen LogP contribution in [0.15, 0.2) is 23.1 Å². The Morgan fingerprint density at radius 2 is 2.00 bits per heavy atom. The molecular weight excluding hydrogens is 269 g/mol. The molecule has 16 heavy (non-hydrogen) atoms. The largest absolute Gasteiger partial charge is 0.242 e. The first-order chi connectivity index (χ1) is 7.36. The molecule has 1 rings (SSSR count).